The minimum atomic E-state index is -3.23. The lowest BCUT2D eigenvalue weighted by atomic mass is 10.2. The summed E-state index contributed by atoms with van der Waals surface area (Å²) in [5, 5.41) is 0. The highest BCUT2D eigenvalue weighted by molar-refractivity contribution is 7.88. The number of nitrogens with zero attached hydrogens (tertiary/aromatic N) is 2. The molecule has 1 N–H and O–H groups in total. The van der Waals surface area contributed by atoms with E-state index >= 15 is 0 Å². The van der Waals surface area contributed by atoms with Crippen molar-refractivity contribution < 1.29 is 13.4 Å². The summed E-state index contributed by atoms with van der Waals surface area (Å²) >= 11 is 0. The normalized spacial score (nSPS) is 24.9. The summed E-state index contributed by atoms with van der Waals surface area (Å²) in [6.45, 7) is 2.47. The monoisotopic (exact) mass is 211 g/mol. The van der Waals surface area contributed by atoms with E-state index in [1.165, 1.54) is 4.68 Å². The van der Waals surface area contributed by atoms with Gasteiger partial charge in [-0.15, -0.1) is 0 Å². The first-order chi connectivity index (χ1) is 6.63. The van der Waals surface area contributed by atoms with Crippen LogP contribution >= 0.6 is 0 Å². The van der Waals surface area contributed by atoms with E-state index in [0.29, 0.717) is 11.4 Å². The number of hydrogen-bond donors (Lipinski definition) is 1. The second-order valence-corrected chi connectivity index (χ2v) is 4.60. The van der Waals surface area contributed by atoms with Crippen molar-refractivity contribution in [2.24, 2.45) is 4.47 Å². The lowest BCUT2D eigenvalue weighted by Crippen LogP contribution is -2.17. The molecule has 0 aromatic heterocycles. The van der Waals surface area contributed by atoms with Gasteiger partial charge in [0.15, 0.2) is 6.54 Å². The molecule has 1 atom stereocenters. The van der Waals surface area contributed by atoms with Gasteiger partial charge in [0.1, 0.15) is 0 Å². The van der Waals surface area contributed by atoms with Gasteiger partial charge in [0.2, 0.25) is 6.21 Å². The highest BCUT2D eigenvalue weighted by Gasteiger charge is 2.23. The van der Waals surface area contributed by atoms with Gasteiger partial charge >= 0.3 is 0 Å². The highest BCUT2D eigenvalue weighted by Crippen LogP contribution is 2.18. The molecule has 74 valence electrons. The number of fused-ring (bicyclic) bond motifs is 1. The first kappa shape index (κ1) is 9.36. The third-order valence-corrected chi connectivity index (χ3v) is 3.41. The van der Waals surface area contributed by atoms with Gasteiger partial charge in [-0.25, -0.2) is 4.21 Å². The maximum Gasteiger partial charge on any atom is 0.253 e. The van der Waals surface area contributed by atoms with Gasteiger partial charge in [-0.1, -0.05) is 16.8 Å². The van der Waals surface area contributed by atoms with Crippen LogP contribution in [-0.4, -0.2) is 26.2 Å². The standard InChI is InChI=1S/C9H10N2O2S/c1-2-11-7-8-5-3-4-6-9(8)14(12,13)10-11/h3-7H,2H2,1H3/p+1. The molecule has 0 spiro atoms. The van der Waals surface area contributed by atoms with Crippen molar-refractivity contribution in [2.45, 2.75) is 11.8 Å². The zero-order valence-electron chi connectivity index (χ0n) is 7.75. The van der Waals surface area contributed by atoms with Crippen LogP contribution in [0, 0.1) is 0 Å². The second-order valence-electron chi connectivity index (χ2n) is 3.00. The quantitative estimate of drug-likeness (QED) is 0.713. The fourth-order valence-electron chi connectivity index (χ4n) is 1.35. The van der Waals surface area contributed by atoms with Crippen molar-refractivity contribution in [3.63, 3.8) is 0 Å². The predicted octanol–water partition coefficient (Wildman–Crippen LogP) is 1.37. The summed E-state index contributed by atoms with van der Waals surface area (Å²) in [4.78, 5) is 0.393. The van der Waals surface area contributed by atoms with Gasteiger partial charge in [0.05, 0.1) is 14.9 Å². The summed E-state index contributed by atoms with van der Waals surface area (Å²) in [7, 11) is -3.23. The van der Waals surface area contributed by atoms with Crippen LogP contribution in [0.3, 0.4) is 0 Å². The zero-order valence-corrected chi connectivity index (χ0v) is 8.57. The molecule has 0 fully saturated rings. The molecular weight excluding hydrogens is 200 g/mol. The van der Waals surface area contributed by atoms with Crippen molar-refractivity contribution in [3.05, 3.63) is 29.8 Å². The number of hydrogen-bond acceptors (Lipinski definition) is 2. The van der Waals surface area contributed by atoms with E-state index in [9.17, 15) is 8.76 Å². The van der Waals surface area contributed by atoms with E-state index in [4.69, 9.17) is 0 Å². The predicted molar refractivity (Wildman–Crippen MR) is 53.9 cm³/mol. The maximum absolute atomic E-state index is 11.7. The molecule has 1 heterocycles. The van der Waals surface area contributed by atoms with Crippen molar-refractivity contribution >= 4 is 16.2 Å². The highest BCUT2D eigenvalue weighted by atomic mass is 32.2. The summed E-state index contributed by atoms with van der Waals surface area (Å²) in [6.07, 6.45) is 1.77. The summed E-state index contributed by atoms with van der Waals surface area (Å²) in [6, 6.07) is 7.01. The van der Waals surface area contributed by atoms with E-state index < -0.39 is 10.0 Å². The average molecular weight is 211 g/mol. The van der Waals surface area contributed by atoms with Gasteiger partial charge in [0.25, 0.3) is 10.0 Å². The van der Waals surface area contributed by atoms with Gasteiger partial charge in [-0.3, -0.25) is 4.55 Å². The minimum Gasteiger partial charge on any atom is -0.293 e. The summed E-state index contributed by atoms with van der Waals surface area (Å²) in [5.74, 6) is 0. The molecule has 2 rings (SSSR count). The Morgan fingerprint density at radius 1 is 1.50 bits per heavy atom. The minimum absolute atomic E-state index is 0.393. The van der Waals surface area contributed by atoms with Crippen LogP contribution in [0.1, 0.15) is 12.5 Å². The van der Waals surface area contributed by atoms with Crippen molar-refractivity contribution in [2.75, 3.05) is 6.54 Å². The fraction of sp³-hybridized carbons (Fsp3) is 0.222. The van der Waals surface area contributed by atoms with Crippen LogP contribution in [0.4, 0.5) is 0 Å². The molecular formula is C9H11N2O2S+. The van der Waals surface area contributed by atoms with Crippen LogP contribution in [0.25, 0.3) is 0 Å². The molecule has 1 aliphatic heterocycles. The Morgan fingerprint density at radius 3 is 2.93 bits per heavy atom. The maximum atomic E-state index is 11.7. The van der Waals surface area contributed by atoms with Crippen LogP contribution < -0.4 is 0 Å². The average Bonchev–Trinajstić information content (AvgIpc) is 2.17. The SMILES string of the molecule is CC[N+]1=Cc2ccccc2S(=O)(O)=N1. The van der Waals surface area contributed by atoms with E-state index in [2.05, 4.69) is 4.47 Å². The Balaban J connectivity index is 2.74. The molecule has 5 heteroatoms. The largest absolute Gasteiger partial charge is 0.293 e. The van der Waals surface area contributed by atoms with Crippen LogP contribution in [0.2, 0.25) is 0 Å². The topological polar surface area (TPSA) is 52.7 Å². The lowest BCUT2D eigenvalue weighted by molar-refractivity contribution is -0.523. The Hall–Kier alpha value is -1.20. The number of rotatable bonds is 1. The smallest absolute Gasteiger partial charge is 0.253 e. The fourth-order valence-corrected chi connectivity index (χ4v) is 2.57. The first-order valence-corrected chi connectivity index (χ1v) is 5.81. The molecule has 0 amide bonds. The molecule has 0 aliphatic carbocycles. The third-order valence-electron chi connectivity index (χ3n) is 2.03. The van der Waals surface area contributed by atoms with E-state index in [-0.39, 0.29) is 0 Å². The van der Waals surface area contributed by atoms with Gasteiger partial charge in [-0.2, -0.15) is 0 Å². The van der Waals surface area contributed by atoms with Crippen LogP contribution in [0.15, 0.2) is 33.6 Å². The molecule has 14 heavy (non-hydrogen) atoms. The molecule has 0 bridgehead atoms. The van der Waals surface area contributed by atoms with Crippen molar-refractivity contribution in [3.8, 4) is 0 Å². The Morgan fingerprint density at radius 2 is 2.21 bits per heavy atom. The zero-order chi connectivity index (χ0) is 10.2. The molecule has 0 radical (unpaired) electrons. The van der Waals surface area contributed by atoms with Gasteiger partial charge < -0.3 is 0 Å². The van der Waals surface area contributed by atoms with Crippen LogP contribution in [0.5, 0.6) is 0 Å². The molecule has 1 aromatic rings. The van der Waals surface area contributed by atoms with Gasteiger partial charge in [0, 0.05) is 0 Å². The molecule has 1 aromatic carbocycles. The first-order valence-electron chi connectivity index (χ1n) is 4.33. The molecule has 0 saturated heterocycles. The van der Waals surface area contributed by atoms with Crippen LogP contribution in [-0.2, 0) is 10.0 Å². The Kier molecular flexibility index (Phi) is 2.13. The molecule has 0 saturated carbocycles. The Labute approximate surface area is 82.9 Å². The van der Waals surface area contributed by atoms with Crippen molar-refractivity contribution in [1.82, 2.24) is 0 Å². The van der Waals surface area contributed by atoms with E-state index in [1.807, 2.05) is 19.1 Å². The van der Waals surface area contributed by atoms with Gasteiger partial charge in [-0.05, 0) is 19.1 Å². The lowest BCUT2D eigenvalue weighted by Gasteiger charge is -2.07. The summed E-state index contributed by atoms with van der Waals surface area (Å²) < 4.78 is 26.6. The molecule has 1 unspecified atom stereocenters. The molecule has 4 nitrogen and oxygen atoms in total. The summed E-state index contributed by atoms with van der Waals surface area (Å²) in [5.41, 5.74) is 0.761. The van der Waals surface area contributed by atoms with Crippen molar-refractivity contribution in [1.29, 1.82) is 0 Å². The third kappa shape index (κ3) is 1.44. The second kappa shape index (κ2) is 3.18. The molecule has 1 aliphatic rings. The number of benzene rings is 1. The van der Waals surface area contributed by atoms with E-state index in [1.54, 1.807) is 18.3 Å². The Bertz CT molecular complexity index is 513. The van der Waals surface area contributed by atoms with E-state index in [0.717, 1.165) is 5.56 Å².